The molecule has 2 aromatic rings. The molecule has 5 heteroatoms. The van der Waals surface area contributed by atoms with E-state index >= 15 is 0 Å². The Morgan fingerprint density at radius 3 is 2.59 bits per heavy atom. The van der Waals surface area contributed by atoms with Gasteiger partial charge in [0.25, 0.3) is 0 Å². The molecule has 1 heterocycles. The van der Waals surface area contributed by atoms with E-state index in [1.54, 1.807) is 6.20 Å². The predicted molar refractivity (Wildman–Crippen MR) is 81.1 cm³/mol. The van der Waals surface area contributed by atoms with Crippen LogP contribution in [0.15, 0.2) is 49.9 Å². The summed E-state index contributed by atoms with van der Waals surface area (Å²) in [6.45, 7) is 0.685. The molecule has 0 saturated heterocycles. The summed E-state index contributed by atoms with van der Waals surface area (Å²) in [4.78, 5) is 4.35. The van der Waals surface area contributed by atoms with Crippen molar-refractivity contribution in [1.82, 2.24) is 4.98 Å². The quantitative estimate of drug-likeness (QED) is 0.757. The lowest BCUT2D eigenvalue weighted by molar-refractivity contribution is 1.03. The van der Waals surface area contributed by atoms with Gasteiger partial charge in [0, 0.05) is 25.3 Å². The van der Waals surface area contributed by atoms with Crippen LogP contribution in [0, 0.1) is 0 Å². The molecule has 2 rings (SSSR count). The zero-order valence-corrected chi connectivity index (χ0v) is 13.5. The fourth-order valence-electron chi connectivity index (χ4n) is 1.36. The summed E-state index contributed by atoms with van der Waals surface area (Å²) in [6.07, 6.45) is 1.79. The largest absolute Gasteiger partial charge is 0.379 e. The van der Waals surface area contributed by atoms with E-state index in [9.17, 15) is 0 Å². The lowest BCUT2D eigenvalue weighted by atomic mass is 10.3. The van der Waals surface area contributed by atoms with E-state index in [0.29, 0.717) is 6.54 Å². The zero-order valence-electron chi connectivity index (χ0n) is 8.75. The topological polar surface area (TPSA) is 24.9 Å². The average molecular weight is 421 g/mol. The smallest absolute Gasteiger partial charge is 0.0737 e. The molecule has 0 bridgehead atoms. The van der Waals surface area contributed by atoms with Crippen molar-refractivity contribution in [2.45, 2.75) is 6.54 Å². The molecule has 0 atom stereocenters. The maximum atomic E-state index is 4.35. The molecule has 0 aliphatic rings. The van der Waals surface area contributed by atoms with Crippen molar-refractivity contribution in [3.8, 4) is 0 Å². The van der Waals surface area contributed by atoms with Crippen LogP contribution in [0.2, 0.25) is 0 Å². The van der Waals surface area contributed by atoms with Gasteiger partial charge in [-0.15, -0.1) is 0 Å². The van der Waals surface area contributed by atoms with Gasteiger partial charge in [-0.3, -0.25) is 4.98 Å². The van der Waals surface area contributed by atoms with Crippen molar-refractivity contribution in [2.75, 3.05) is 5.32 Å². The molecule has 2 nitrogen and oxygen atoms in total. The number of rotatable bonds is 3. The Balaban J connectivity index is 2.07. The second kappa shape index (κ2) is 5.98. The van der Waals surface area contributed by atoms with E-state index in [1.165, 1.54) is 0 Å². The van der Waals surface area contributed by atoms with Gasteiger partial charge in [-0.1, -0.05) is 22.0 Å². The molecule has 0 unspecified atom stereocenters. The highest BCUT2D eigenvalue weighted by atomic mass is 79.9. The summed E-state index contributed by atoms with van der Waals surface area (Å²) >= 11 is 10.3. The third-order valence-electron chi connectivity index (χ3n) is 2.17. The highest BCUT2D eigenvalue weighted by Gasteiger charge is 2.02. The lowest BCUT2D eigenvalue weighted by Crippen LogP contribution is -2.02. The van der Waals surface area contributed by atoms with Gasteiger partial charge < -0.3 is 5.32 Å². The predicted octanol–water partition coefficient (Wildman–Crippen LogP) is 4.98. The first-order valence-electron chi connectivity index (χ1n) is 4.94. The van der Waals surface area contributed by atoms with Crippen LogP contribution >= 0.6 is 47.8 Å². The van der Waals surface area contributed by atoms with Crippen LogP contribution in [0.25, 0.3) is 0 Å². The van der Waals surface area contributed by atoms with Gasteiger partial charge in [-0.25, -0.2) is 0 Å². The van der Waals surface area contributed by atoms with Crippen molar-refractivity contribution >= 4 is 53.5 Å². The fraction of sp³-hybridized carbons (Fsp3) is 0.0833. The monoisotopic (exact) mass is 418 g/mol. The molecular formula is C12H9Br3N2. The number of halogens is 3. The van der Waals surface area contributed by atoms with E-state index in [-0.39, 0.29) is 0 Å². The van der Waals surface area contributed by atoms with Crippen molar-refractivity contribution in [2.24, 2.45) is 0 Å². The van der Waals surface area contributed by atoms with Crippen molar-refractivity contribution in [3.05, 3.63) is 55.6 Å². The van der Waals surface area contributed by atoms with E-state index in [4.69, 9.17) is 0 Å². The van der Waals surface area contributed by atoms with Crippen LogP contribution in [0.3, 0.4) is 0 Å². The van der Waals surface area contributed by atoms with Crippen LogP contribution < -0.4 is 5.32 Å². The summed E-state index contributed by atoms with van der Waals surface area (Å²) in [5.74, 6) is 0. The van der Waals surface area contributed by atoms with Gasteiger partial charge in [0.2, 0.25) is 0 Å². The molecule has 0 aliphatic heterocycles. The van der Waals surface area contributed by atoms with Crippen LogP contribution in [0.5, 0.6) is 0 Å². The Bertz CT molecular complexity index is 529. The molecule has 0 fully saturated rings. The van der Waals surface area contributed by atoms with Gasteiger partial charge >= 0.3 is 0 Å². The van der Waals surface area contributed by atoms with Gasteiger partial charge in [0.05, 0.1) is 12.2 Å². The van der Waals surface area contributed by atoms with Crippen molar-refractivity contribution in [1.29, 1.82) is 0 Å². The summed E-state index contributed by atoms with van der Waals surface area (Å²) in [6, 6.07) is 10.0. The number of nitrogens with zero attached hydrogens (tertiary/aromatic N) is 1. The molecule has 1 N–H and O–H groups in total. The Morgan fingerprint density at radius 2 is 1.88 bits per heavy atom. The summed E-state index contributed by atoms with van der Waals surface area (Å²) in [5.41, 5.74) is 2.05. The number of aromatic nitrogens is 1. The SMILES string of the molecule is Brc1cccc(NCc2ncc(Br)cc2Br)c1. The summed E-state index contributed by atoms with van der Waals surface area (Å²) in [7, 11) is 0. The lowest BCUT2D eigenvalue weighted by Gasteiger charge is -2.08. The third kappa shape index (κ3) is 3.79. The highest BCUT2D eigenvalue weighted by Crippen LogP contribution is 2.21. The normalized spacial score (nSPS) is 10.3. The van der Waals surface area contributed by atoms with Crippen molar-refractivity contribution < 1.29 is 0 Å². The zero-order chi connectivity index (χ0) is 12.3. The number of benzene rings is 1. The average Bonchev–Trinajstić information content (AvgIpc) is 2.28. The molecule has 17 heavy (non-hydrogen) atoms. The fourth-order valence-corrected chi connectivity index (χ4v) is 2.88. The van der Waals surface area contributed by atoms with E-state index in [0.717, 1.165) is 24.8 Å². The maximum absolute atomic E-state index is 4.35. The number of hydrogen-bond acceptors (Lipinski definition) is 2. The molecule has 0 amide bonds. The number of nitrogens with one attached hydrogen (secondary N) is 1. The molecule has 0 radical (unpaired) electrons. The van der Waals surface area contributed by atoms with Crippen LogP contribution in [0.4, 0.5) is 5.69 Å². The van der Waals surface area contributed by atoms with Crippen LogP contribution in [-0.4, -0.2) is 4.98 Å². The Morgan fingerprint density at radius 1 is 1.06 bits per heavy atom. The van der Waals surface area contributed by atoms with E-state index in [2.05, 4.69) is 58.1 Å². The van der Waals surface area contributed by atoms with Crippen LogP contribution in [0.1, 0.15) is 5.69 Å². The number of hydrogen-bond donors (Lipinski definition) is 1. The number of anilines is 1. The van der Waals surface area contributed by atoms with E-state index in [1.807, 2.05) is 30.3 Å². The first-order chi connectivity index (χ1) is 8.15. The molecule has 1 aromatic carbocycles. The van der Waals surface area contributed by atoms with Crippen LogP contribution in [-0.2, 0) is 6.54 Å². The minimum Gasteiger partial charge on any atom is -0.379 e. The number of pyridine rings is 1. The molecule has 0 aliphatic carbocycles. The van der Waals surface area contributed by atoms with Gasteiger partial charge in [-0.2, -0.15) is 0 Å². The van der Waals surface area contributed by atoms with E-state index < -0.39 is 0 Å². The maximum Gasteiger partial charge on any atom is 0.0737 e. The Kier molecular flexibility index (Phi) is 4.59. The highest BCUT2D eigenvalue weighted by molar-refractivity contribution is 9.11. The Hall–Kier alpha value is -0.390. The second-order valence-corrected chi connectivity index (χ2v) is 6.13. The van der Waals surface area contributed by atoms with Crippen molar-refractivity contribution in [3.63, 3.8) is 0 Å². The first kappa shape index (κ1) is 13.1. The minimum absolute atomic E-state index is 0.685. The van der Waals surface area contributed by atoms with Gasteiger partial charge in [-0.05, 0) is 56.1 Å². The standard InChI is InChI=1S/C12H9Br3N2/c13-8-2-1-3-10(4-8)16-7-12-11(15)5-9(14)6-17-12/h1-6,16H,7H2. The molecule has 88 valence electrons. The third-order valence-corrected chi connectivity index (χ3v) is 3.78. The summed E-state index contributed by atoms with van der Waals surface area (Å²) in [5, 5.41) is 3.32. The second-order valence-electron chi connectivity index (χ2n) is 3.45. The Labute approximate surface area is 125 Å². The minimum atomic E-state index is 0.685. The first-order valence-corrected chi connectivity index (χ1v) is 7.32. The van der Waals surface area contributed by atoms with Gasteiger partial charge in [0.1, 0.15) is 0 Å². The molecule has 0 spiro atoms. The summed E-state index contributed by atoms with van der Waals surface area (Å²) < 4.78 is 3.02. The molecule has 1 aromatic heterocycles. The molecular weight excluding hydrogens is 412 g/mol. The van der Waals surface area contributed by atoms with Gasteiger partial charge in [0.15, 0.2) is 0 Å². The molecule has 0 saturated carbocycles.